The molecule has 1 aromatic carbocycles. The van der Waals surface area contributed by atoms with E-state index in [9.17, 15) is 5.11 Å². The second-order valence-electron chi connectivity index (χ2n) is 6.07. The summed E-state index contributed by atoms with van der Waals surface area (Å²) in [5.74, 6) is 2.01. The van der Waals surface area contributed by atoms with Crippen LogP contribution in [0.2, 0.25) is 0 Å². The molecule has 1 aromatic rings. The van der Waals surface area contributed by atoms with Crippen LogP contribution in [0.3, 0.4) is 0 Å². The number of aryl methyl sites for hydroxylation is 1. The van der Waals surface area contributed by atoms with Crippen LogP contribution in [0.1, 0.15) is 56.1 Å². The molecule has 4 unspecified atom stereocenters. The molecule has 98 valence electrons. The Hall–Kier alpha value is -0.820. The third-order valence-electron chi connectivity index (χ3n) is 4.94. The van der Waals surface area contributed by atoms with Gasteiger partial charge in [0.1, 0.15) is 0 Å². The average Bonchev–Trinajstić information content (AvgIpc) is 3.14. The molecule has 0 saturated heterocycles. The number of rotatable bonds is 5. The normalized spacial score (nSPS) is 30.4. The van der Waals surface area contributed by atoms with Gasteiger partial charge in [-0.05, 0) is 48.1 Å². The summed E-state index contributed by atoms with van der Waals surface area (Å²) in [6, 6.07) is 8.85. The van der Waals surface area contributed by atoms with E-state index >= 15 is 0 Å². The highest BCUT2D eigenvalue weighted by Crippen LogP contribution is 2.61. The van der Waals surface area contributed by atoms with E-state index in [1.54, 1.807) is 0 Å². The van der Waals surface area contributed by atoms with Crippen LogP contribution in [-0.2, 0) is 6.42 Å². The van der Waals surface area contributed by atoms with Crippen molar-refractivity contribution >= 4 is 0 Å². The summed E-state index contributed by atoms with van der Waals surface area (Å²) in [5.41, 5.74) is 3.07. The zero-order valence-corrected chi connectivity index (χ0v) is 11.3. The summed E-state index contributed by atoms with van der Waals surface area (Å²) in [4.78, 5) is 0. The third kappa shape index (κ3) is 2.09. The molecule has 1 heteroatoms. The van der Waals surface area contributed by atoms with E-state index in [2.05, 4.69) is 31.2 Å². The molecule has 0 aromatic heterocycles. The van der Waals surface area contributed by atoms with Crippen LogP contribution in [0.25, 0.3) is 0 Å². The monoisotopic (exact) mass is 244 g/mol. The van der Waals surface area contributed by atoms with Gasteiger partial charge < -0.3 is 5.11 Å². The minimum absolute atomic E-state index is 0.0577. The SMILES string of the molecule is CCCCCC(O)C1C2CCc3ccccc3C21. The fourth-order valence-electron chi connectivity index (χ4n) is 3.94. The third-order valence-corrected chi connectivity index (χ3v) is 4.94. The molecule has 2 aliphatic carbocycles. The van der Waals surface area contributed by atoms with E-state index in [4.69, 9.17) is 0 Å². The molecule has 18 heavy (non-hydrogen) atoms. The number of aliphatic hydroxyl groups excluding tert-OH is 1. The van der Waals surface area contributed by atoms with Gasteiger partial charge in [0, 0.05) is 0 Å². The van der Waals surface area contributed by atoms with Gasteiger partial charge in [-0.15, -0.1) is 0 Å². The highest BCUT2D eigenvalue weighted by molar-refractivity contribution is 5.39. The summed E-state index contributed by atoms with van der Waals surface area (Å²) in [5, 5.41) is 10.4. The fraction of sp³-hybridized carbons (Fsp3) is 0.647. The van der Waals surface area contributed by atoms with Crippen molar-refractivity contribution in [2.24, 2.45) is 11.8 Å². The van der Waals surface area contributed by atoms with Gasteiger partial charge in [0.15, 0.2) is 0 Å². The van der Waals surface area contributed by atoms with Gasteiger partial charge in [0.25, 0.3) is 0 Å². The number of unbranched alkanes of at least 4 members (excludes halogenated alkanes) is 2. The average molecular weight is 244 g/mol. The van der Waals surface area contributed by atoms with Gasteiger partial charge in [0.2, 0.25) is 0 Å². The molecule has 1 nitrogen and oxygen atoms in total. The topological polar surface area (TPSA) is 20.2 Å². The van der Waals surface area contributed by atoms with Crippen molar-refractivity contribution in [3.05, 3.63) is 35.4 Å². The lowest BCUT2D eigenvalue weighted by atomic mass is 9.92. The maximum atomic E-state index is 10.4. The zero-order valence-electron chi connectivity index (χ0n) is 11.3. The van der Waals surface area contributed by atoms with Crippen LogP contribution in [0.15, 0.2) is 24.3 Å². The molecule has 0 spiro atoms. The molecular weight excluding hydrogens is 220 g/mol. The molecule has 0 radical (unpaired) electrons. The molecule has 1 saturated carbocycles. The van der Waals surface area contributed by atoms with Gasteiger partial charge in [-0.25, -0.2) is 0 Å². The van der Waals surface area contributed by atoms with Crippen LogP contribution in [0.5, 0.6) is 0 Å². The van der Waals surface area contributed by atoms with Crippen molar-refractivity contribution in [1.82, 2.24) is 0 Å². The van der Waals surface area contributed by atoms with Gasteiger partial charge in [-0.3, -0.25) is 0 Å². The first-order valence-electron chi connectivity index (χ1n) is 7.58. The molecule has 0 bridgehead atoms. The minimum atomic E-state index is -0.0577. The molecule has 1 fully saturated rings. The van der Waals surface area contributed by atoms with Gasteiger partial charge in [0.05, 0.1) is 6.10 Å². The van der Waals surface area contributed by atoms with E-state index < -0.39 is 0 Å². The number of benzene rings is 1. The van der Waals surface area contributed by atoms with Crippen molar-refractivity contribution in [1.29, 1.82) is 0 Å². The molecular formula is C17H24O. The van der Waals surface area contributed by atoms with Crippen molar-refractivity contribution in [3.8, 4) is 0 Å². The first kappa shape index (κ1) is 12.2. The van der Waals surface area contributed by atoms with Crippen LogP contribution in [0.4, 0.5) is 0 Å². The Morgan fingerprint density at radius 3 is 2.94 bits per heavy atom. The number of hydrogen-bond donors (Lipinski definition) is 1. The van der Waals surface area contributed by atoms with E-state index in [1.165, 1.54) is 43.2 Å². The largest absolute Gasteiger partial charge is 0.393 e. The zero-order chi connectivity index (χ0) is 12.5. The molecule has 0 amide bonds. The van der Waals surface area contributed by atoms with E-state index in [0.717, 1.165) is 12.3 Å². The quantitative estimate of drug-likeness (QED) is 0.779. The minimum Gasteiger partial charge on any atom is -0.393 e. The van der Waals surface area contributed by atoms with Crippen molar-refractivity contribution in [2.75, 3.05) is 0 Å². The van der Waals surface area contributed by atoms with Gasteiger partial charge in [-0.1, -0.05) is 50.5 Å². The van der Waals surface area contributed by atoms with E-state index in [0.29, 0.717) is 11.8 Å². The standard InChI is InChI=1S/C17H24O/c1-2-3-4-9-15(18)17-14-11-10-12-7-5-6-8-13(12)16(14)17/h5-8,14-18H,2-4,9-11H2,1H3. The van der Waals surface area contributed by atoms with E-state index in [-0.39, 0.29) is 6.10 Å². The molecule has 2 aliphatic rings. The smallest absolute Gasteiger partial charge is 0.0577 e. The molecule has 0 heterocycles. The lowest BCUT2D eigenvalue weighted by molar-refractivity contribution is 0.130. The Morgan fingerprint density at radius 1 is 1.28 bits per heavy atom. The Balaban J connectivity index is 1.65. The Kier molecular flexibility index (Phi) is 3.43. The van der Waals surface area contributed by atoms with Gasteiger partial charge in [-0.2, -0.15) is 0 Å². The van der Waals surface area contributed by atoms with Gasteiger partial charge >= 0.3 is 0 Å². The summed E-state index contributed by atoms with van der Waals surface area (Å²) in [6.45, 7) is 2.22. The second-order valence-corrected chi connectivity index (χ2v) is 6.07. The predicted molar refractivity (Wildman–Crippen MR) is 74.6 cm³/mol. The van der Waals surface area contributed by atoms with Crippen LogP contribution in [-0.4, -0.2) is 11.2 Å². The van der Waals surface area contributed by atoms with Crippen molar-refractivity contribution in [3.63, 3.8) is 0 Å². The predicted octanol–water partition coefficient (Wildman–Crippen LogP) is 3.90. The van der Waals surface area contributed by atoms with Crippen LogP contribution in [0, 0.1) is 11.8 Å². The lowest BCUT2D eigenvalue weighted by Crippen LogP contribution is -2.11. The first-order valence-corrected chi connectivity index (χ1v) is 7.58. The first-order chi connectivity index (χ1) is 8.83. The molecule has 1 N–H and O–H groups in total. The lowest BCUT2D eigenvalue weighted by Gasteiger charge is -2.13. The summed E-state index contributed by atoms with van der Waals surface area (Å²) in [7, 11) is 0. The highest BCUT2D eigenvalue weighted by Gasteiger charge is 2.55. The summed E-state index contributed by atoms with van der Waals surface area (Å²) < 4.78 is 0. The Labute approximate surface area is 110 Å². The van der Waals surface area contributed by atoms with Crippen LogP contribution < -0.4 is 0 Å². The van der Waals surface area contributed by atoms with Crippen LogP contribution >= 0.6 is 0 Å². The second kappa shape index (κ2) is 5.05. The number of hydrogen-bond acceptors (Lipinski definition) is 1. The molecule has 3 rings (SSSR count). The highest BCUT2D eigenvalue weighted by atomic mass is 16.3. The summed E-state index contributed by atoms with van der Waals surface area (Å²) in [6.07, 6.45) is 7.15. The number of fused-ring (bicyclic) bond motifs is 3. The van der Waals surface area contributed by atoms with E-state index in [1.807, 2.05) is 0 Å². The van der Waals surface area contributed by atoms with Crippen molar-refractivity contribution < 1.29 is 5.11 Å². The number of aliphatic hydroxyl groups is 1. The maximum absolute atomic E-state index is 10.4. The Bertz CT molecular complexity index is 412. The molecule has 0 aliphatic heterocycles. The summed E-state index contributed by atoms with van der Waals surface area (Å²) >= 11 is 0. The maximum Gasteiger partial charge on any atom is 0.0577 e. The van der Waals surface area contributed by atoms with Crippen molar-refractivity contribution in [2.45, 2.75) is 57.5 Å². The Morgan fingerprint density at radius 2 is 2.11 bits per heavy atom. The fourth-order valence-corrected chi connectivity index (χ4v) is 3.94. The molecule has 4 atom stereocenters.